The van der Waals surface area contributed by atoms with Crippen molar-refractivity contribution < 1.29 is 14.6 Å². The molecule has 1 fully saturated rings. The highest BCUT2D eigenvalue weighted by molar-refractivity contribution is 5.97. The molecule has 6 nitrogen and oxygen atoms in total. The van der Waals surface area contributed by atoms with E-state index in [1.54, 1.807) is 19.2 Å². The number of benzene rings is 1. The number of carbonyl (C=O) groups is 1. The maximum atomic E-state index is 12.7. The fourth-order valence-electron chi connectivity index (χ4n) is 2.54. The average molecular weight is 303 g/mol. The summed E-state index contributed by atoms with van der Waals surface area (Å²) in [6.45, 7) is 1.80. The van der Waals surface area contributed by atoms with Crippen LogP contribution >= 0.6 is 0 Å². The van der Waals surface area contributed by atoms with Gasteiger partial charge in [-0.05, 0) is 37.0 Å². The largest absolute Gasteiger partial charge is 0.388 e. The van der Waals surface area contributed by atoms with Crippen LogP contribution in [0.2, 0.25) is 0 Å². The minimum atomic E-state index is -0.139. The summed E-state index contributed by atoms with van der Waals surface area (Å²) in [6.07, 6.45) is 2.41. The van der Waals surface area contributed by atoms with Crippen LogP contribution in [-0.2, 0) is 11.3 Å². The van der Waals surface area contributed by atoms with Crippen molar-refractivity contribution >= 4 is 16.9 Å². The second-order valence-corrected chi connectivity index (χ2v) is 5.76. The Bertz CT molecular complexity index is 664. The zero-order chi connectivity index (χ0) is 15.5. The van der Waals surface area contributed by atoms with E-state index in [0.717, 1.165) is 17.6 Å². The fraction of sp³-hybridized carbons (Fsp3) is 0.500. The predicted molar refractivity (Wildman–Crippen MR) is 82.5 cm³/mol. The summed E-state index contributed by atoms with van der Waals surface area (Å²) in [5, 5.41) is 9.13. The zero-order valence-corrected chi connectivity index (χ0v) is 12.7. The molecule has 1 aliphatic carbocycles. The van der Waals surface area contributed by atoms with Crippen LogP contribution in [0.15, 0.2) is 18.2 Å². The van der Waals surface area contributed by atoms with Gasteiger partial charge in [0.2, 0.25) is 0 Å². The quantitative estimate of drug-likeness (QED) is 0.813. The molecule has 1 aliphatic rings. The van der Waals surface area contributed by atoms with Gasteiger partial charge in [0, 0.05) is 25.8 Å². The second-order valence-electron chi connectivity index (χ2n) is 5.76. The van der Waals surface area contributed by atoms with Crippen molar-refractivity contribution in [2.24, 2.45) is 5.92 Å². The molecule has 118 valence electrons. The number of methoxy groups -OCH3 is 1. The number of ether oxygens (including phenoxy) is 1. The third-order valence-electron chi connectivity index (χ3n) is 3.96. The first-order valence-corrected chi connectivity index (χ1v) is 7.59. The Morgan fingerprint density at radius 1 is 1.50 bits per heavy atom. The average Bonchev–Trinajstić information content (AvgIpc) is 3.26. The lowest BCUT2D eigenvalue weighted by molar-refractivity contribution is 0.0686. The maximum Gasteiger partial charge on any atom is 0.254 e. The number of imidazole rings is 1. The summed E-state index contributed by atoms with van der Waals surface area (Å²) in [5.74, 6) is 1.16. The highest BCUT2D eigenvalue weighted by Gasteiger charge is 2.27. The predicted octanol–water partition coefficient (Wildman–Crippen LogP) is 1.55. The van der Waals surface area contributed by atoms with Crippen LogP contribution in [0.1, 0.15) is 29.0 Å². The molecular formula is C16H21N3O3. The molecule has 1 saturated carbocycles. The topological polar surface area (TPSA) is 78.4 Å². The number of carbonyl (C=O) groups excluding carboxylic acids is 1. The lowest BCUT2D eigenvalue weighted by Crippen LogP contribution is -2.35. The number of nitrogens with one attached hydrogen (secondary N) is 1. The number of fused-ring (bicyclic) bond motifs is 1. The summed E-state index contributed by atoms with van der Waals surface area (Å²) in [4.78, 5) is 21.8. The molecule has 3 rings (SSSR count). The SMILES string of the molecule is COCCN(CC1CC1)C(=O)c1ccc2nc(CO)[nH]c2c1. The number of aliphatic hydroxyl groups excluding tert-OH is 1. The molecule has 1 heterocycles. The Labute approximate surface area is 129 Å². The van der Waals surface area contributed by atoms with Gasteiger partial charge in [-0.1, -0.05) is 0 Å². The number of aromatic amines is 1. The summed E-state index contributed by atoms with van der Waals surface area (Å²) in [6, 6.07) is 5.40. The van der Waals surface area contributed by atoms with Crippen molar-refractivity contribution in [3.63, 3.8) is 0 Å². The van der Waals surface area contributed by atoms with Gasteiger partial charge >= 0.3 is 0 Å². The molecule has 1 amide bonds. The van der Waals surface area contributed by atoms with Crippen LogP contribution in [0.3, 0.4) is 0 Å². The van der Waals surface area contributed by atoms with E-state index >= 15 is 0 Å². The molecule has 2 aromatic rings. The smallest absolute Gasteiger partial charge is 0.254 e. The molecule has 1 aromatic carbocycles. The standard InChI is InChI=1S/C16H21N3O3/c1-22-7-6-19(9-11-2-3-11)16(21)12-4-5-13-14(8-12)18-15(10-20)17-13/h4-5,8,11,20H,2-3,6-7,9-10H2,1H3,(H,17,18). The van der Waals surface area contributed by atoms with Crippen LogP contribution in [0, 0.1) is 5.92 Å². The number of hydrogen-bond acceptors (Lipinski definition) is 4. The van der Waals surface area contributed by atoms with Crippen LogP contribution in [0.25, 0.3) is 11.0 Å². The molecule has 0 saturated heterocycles. The normalized spacial score (nSPS) is 14.5. The third-order valence-corrected chi connectivity index (χ3v) is 3.96. The highest BCUT2D eigenvalue weighted by atomic mass is 16.5. The van der Waals surface area contributed by atoms with Crippen LogP contribution < -0.4 is 0 Å². The molecule has 0 atom stereocenters. The lowest BCUT2D eigenvalue weighted by Gasteiger charge is -2.22. The first kappa shape index (κ1) is 15.0. The van der Waals surface area contributed by atoms with Gasteiger partial charge in [-0.3, -0.25) is 4.79 Å². The number of rotatable bonds is 7. The molecule has 0 bridgehead atoms. The molecule has 0 radical (unpaired) electrons. The summed E-state index contributed by atoms with van der Waals surface area (Å²) >= 11 is 0. The highest BCUT2D eigenvalue weighted by Crippen LogP contribution is 2.30. The number of amides is 1. The first-order valence-electron chi connectivity index (χ1n) is 7.59. The van der Waals surface area contributed by atoms with Gasteiger partial charge < -0.3 is 19.7 Å². The van der Waals surface area contributed by atoms with Crippen LogP contribution in [0.5, 0.6) is 0 Å². The van der Waals surface area contributed by atoms with E-state index in [1.165, 1.54) is 12.8 Å². The first-order chi connectivity index (χ1) is 10.7. The lowest BCUT2D eigenvalue weighted by atomic mass is 10.1. The Kier molecular flexibility index (Phi) is 4.40. The molecule has 22 heavy (non-hydrogen) atoms. The fourth-order valence-corrected chi connectivity index (χ4v) is 2.54. The van der Waals surface area contributed by atoms with Gasteiger partial charge in [0.05, 0.1) is 17.6 Å². The van der Waals surface area contributed by atoms with Gasteiger partial charge in [0.25, 0.3) is 5.91 Å². The van der Waals surface area contributed by atoms with Crippen molar-refractivity contribution in [2.75, 3.05) is 26.8 Å². The van der Waals surface area contributed by atoms with Gasteiger partial charge in [-0.25, -0.2) is 4.98 Å². The van der Waals surface area contributed by atoms with E-state index in [9.17, 15) is 4.79 Å². The van der Waals surface area contributed by atoms with E-state index in [4.69, 9.17) is 9.84 Å². The van der Waals surface area contributed by atoms with E-state index in [2.05, 4.69) is 9.97 Å². The van der Waals surface area contributed by atoms with Gasteiger partial charge in [0.1, 0.15) is 12.4 Å². The van der Waals surface area contributed by atoms with Crippen molar-refractivity contribution in [1.29, 1.82) is 0 Å². The van der Waals surface area contributed by atoms with E-state index in [1.807, 2.05) is 11.0 Å². The minimum Gasteiger partial charge on any atom is -0.388 e. The number of hydrogen-bond donors (Lipinski definition) is 2. The van der Waals surface area contributed by atoms with Gasteiger partial charge in [-0.15, -0.1) is 0 Å². The molecule has 2 N–H and O–H groups in total. The number of nitrogens with zero attached hydrogens (tertiary/aromatic N) is 2. The molecule has 1 aromatic heterocycles. The van der Waals surface area contributed by atoms with Crippen molar-refractivity contribution in [2.45, 2.75) is 19.4 Å². The zero-order valence-electron chi connectivity index (χ0n) is 12.7. The second kappa shape index (κ2) is 6.46. The minimum absolute atomic E-state index is 0.0194. The Hall–Kier alpha value is -1.92. The van der Waals surface area contributed by atoms with E-state index < -0.39 is 0 Å². The summed E-state index contributed by atoms with van der Waals surface area (Å²) in [5.41, 5.74) is 2.16. The van der Waals surface area contributed by atoms with Crippen molar-refractivity contribution in [3.8, 4) is 0 Å². The number of aliphatic hydroxyl groups is 1. The number of H-pyrrole nitrogens is 1. The third kappa shape index (κ3) is 3.28. The Morgan fingerprint density at radius 3 is 3.00 bits per heavy atom. The summed E-state index contributed by atoms with van der Waals surface area (Å²) < 4.78 is 5.11. The monoisotopic (exact) mass is 303 g/mol. The number of aromatic nitrogens is 2. The molecule has 6 heteroatoms. The maximum absolute atomic E-state index is 12.7. The van der Waals surface area contributed by atoms with Gasteiger partial charge in [-0.2, -0.15) is 0 Å². The van der Waals surface area contributed by atoms with Crippen molar-refractivity contribution in [3.05, 3.63) is 29.6 Å². The molecular weight excluding hydrogens is 282 g/mol. The molecule has 0 unspecified atom stereocenters. The summed E-state index contributed by atoms with van der Waals surface area (Å²) in [7, 11) is 1.65. The Balaban J connectivity index is 1.81. The van der Waals surface area contributed by atoms with Gasteiger partial charge in [0.15, 0.2) is 0 Å². The van der Waals surface area contributed by atoms with Crippen molar-refractivity contribution in [1.82, 2.24) is 14.9 Å². The van der Waals surface area contributed by atoms with E-state index in [-0.39, 0.29) is 12.5 Å². The van der Waals surface area contributed by atoms with Crippen LogP contribution in [-0.4, -0.2) is 52.7 Å². The molecule has 0 spiro atoms. The Morgan fingerprint density at radius 2 is 2.32 bits per heavy atom. The van der Waals surface area contributed by atoms with Crippen LogP contribution in [0.4, 0.5) is 0 Å². The molecule has 0 aliphatic heterocycles. The van der Waals surface area contributed by atoms with E-state index in [0.29, 0.717) is 30.5 Å².